The van der Waals surface area contributed by atoms with Gasteiger partial charge in [0.1, 0.15) is 6.04 Å². The Hall–Kier alpha value is -0.610. The van der Waals surface area contributed by atoms with Crippen LogP contribution < -0.4 is 5.48 Å². The Kier molecular flexibility index (Phi) is 4.88. The molecule has 10 heavy (non-hydrogen) atoms. The van der Waals surface area contributed by atoms with Gasteiger partial charge in [-0.3, -0.25) is 4.79 Å². The summed E-state index contributed by atoms with van der Waals surface area (Å²) in [5.74, 6) is -1.00. The zero-order chi connectivity index (χ0) is 7.98. The molecule has 3 N–H and O–H groups in total. The van der Waals surface area contributed by atoms with Crippen molar-refractivity contribution < 1.29 is 15.1 Å². The average Bonchev–Trinajstić information content (AvgIpc) is 1.89. The highest BCUT2D eigenvalue weighted by molar-refractivity contribution is 5.73. The van der Waals surface area contributed by atoms with Gasteiger partial charge in [0.2, 0.25) is 0 Å². The van der Waals surface area contributed by atoms with E-state index < -0.39 is 12.0 Å². The Labute approximate surface area is 59.8 Å². The lowest BCUT2D eigenvalue weighted by atomic mass is 10.1. The van der Waals surface area contributed by atoms with E-state index in [0.717, 1.165) is 12.8 Å². The summed E-state index contributed by atoms with van der Waals surface area (Å²) in [6.45, 7) is 1.97. The van der Waals surface area contributed by atoms with Gasteiger partial charge in [-0.15, -0.1) is 0 Å². The molecule has 0 bridgehead atoms. The number of hydrogen-bond acceptors (Lipinski definition) is 3. The fraction of sp³-hybridized carbons (Fsp3) is 0.833. The zero-order valence-corrected chi connectivity index (χ0v) is 6.00. The first-order valence-electron chi connectivity index (χ1n) is 3.34. The van der Waals surface area contributed by atoms with Crippen molar-refractivity contribution in [3.05, 3.63) is 0 Å². The van der Waals surface area contributed by atoms with E-state index in [-0.39, 0.29) is 0 Å². The summed E-state index contributed by atoms with van der Waals surface area (Å²) in [6.07, 6.45) is 2.22. The summed E-state index contributed by atoms with van der Waals surface area (Å²) < 4.78 is 0. The maximum atomic E-state index is 10.2. The molecule has 0 aliphatic heterocycles. The molecular weight excluding hydrogens is 134 g/mol. The SMILES string of the molecule is CCCC[C@H](NO)C(=O)O. The van der Waals surface area contributed by atoms with Gasteiger partial charge in [0, 0.05) is 0 Å². The Morgan fingerprint density at radius 2 is 2.30 bits per heavy atom. The van der Waals surface area contributed by atoms with Crippen molar-refractivity contribution in [1.82, 2.24) is 5.48 Å². The van der Waals surface area contributed by atoms with E-state index in [9.17, 15) is 4.79 Å². The molecule has 0 rings (SSSR count). The molecule has 0 aliphatic carbocycles. The van der Waals surface area contributed by atoms with Crippen LogP contribution in [0, 0.1) is 0 Å². The van der Waals surface area contributed by atoms with Gasteiger partial charge in [0.15, 0.2) is 0 Å². The van der Waals surface area contributed by atoms with Crippen LogP contribution in [0.5, 0.6) is 0 Å². The average molecular weight is 147 g/mol. The van der Waals surface area contributed by atoms with Gasteiger partial charge in [0.05, 0.1) is 0 Å². The molecule has 60 valence electrons. The van der Waals surface area contributed by atoms with Gasteiger partial charge in [-0.1, -0.05) is 19.8 Å². The highest BCUT2D eigenvalue weighted by Crippen LogP contribution is 1.99. The monoisotopic (exact) mass is 147 g/mol. The summed E-state index contributed by atoms with van der Waals surface area (Å²) in [5, 5.41) is 16.7. The van der Waals surface area contributed by atoms with Crippen LogP contribution in [-0.2, 0) is 4.79 Å². The lowest BCUT2D eigenvalue weighted by molar-refractivity contribution is -0.142. The van der Waals surface area contributed by atoms with Gasteiger partial charge >= 0.3 is 5.97 Å². The molecule has 0 aromatic heterocycles. The summed E-state index contributed by atoms with van der Waals surface area (Å²) >= 11 is 0. The number of aliphatic carboxylic acids is 1. The van der Waals surface area contributed by atoms with Crippen molar-refractivity contribution in [2.24, 2.45) is 0 Å². The van der Waals surface area contributed by atoms with Gasteiger partial charge < -0.3 is 10.3 Å². The molecule has 1 atom stereocenters. The van der Waals surface area contributed by atoms with Crippen LogP contribution in [0.4, 0.5) is 0 Å². The van der Waals surface area contributed by atoms with E-state index in [1.54, 1.807) is 5.48 Å². The smallest absolute Gasteiger partial charge is 0.323 e. The molecule has 0 fully saturated rings. The van der Waals surface area contributed by atoms with Crippen LogP contribution in [0.3, 0.4) is 0 Å². The van der Waals surface area contributed by atoms with Crippen molar-refractivity contribution in [2.75, 3.05) is 0 Å². The molecule has 0 amide bonds. The van der Waals surface area contributed by atoms with Crippen LogP contribution in [-0.4, -0.2) is 22.3 Å². The number of unbranched alkanes of at least 4 members (excludes halogenated alkanes) is 1. The van der Waals surface area contributed by atoms with Crippen molar-refractivity contribution >= 4 is 5.97 Å². The van der Waals surface area contributed by atoms with E-state index in [1.807, 2.05) is 6.92 Å². The fourth-order valence-corrected chi connectivity index (χ4v) is 0.651. The van der Waals surface area contributed by atoms with Crippen molar-refractivity contribution in [3.63, 3.8) is 0 Å². The first-order chi connectivity index (χ1) is 4.72. The van der Waals surface area contributed by atoms with E-state index in [1.165, 1.54) is 0 Å². The van der Waals surface area contributed by atoms with Crippen LogP contribution in [0.25, 0.3) is 0 Å². The number of carboxylic acid groups (broad SMARTS) is 1. The van der Waals surface area contributed by atoms with Crippen molar-refractivity contribution in [3.8, 4) is 0 Å². The lowest BCUT2D eigenvalue weighted by Gasteiger charge is -2.07. The van der Waals surface area contributed by atoms with Crippen LogP contribution in [0.2, 0.25) is 0 Å². The van der Waals surface area contributed by atoms with Crippen LogP contribution in [0.15, 0.2) is 0 Å². The molecule has 0 aromatic rings. The normalized spacial score (nSPS) is 13.0. The minimum absolute atomic E-state index is 0.475. The number of hydrogen-bond donors (Lipinski definition) is 3. The third-order valence-electron chi connectivity index (χ3n) is 1.30. The molecule has 4 nitrogen and oxygen atoms in total. The molecule has 0 unspecified atom stereocenters. The third kappa shape index (κ3) is 3.42. The molecule has 0 aromatic carbocycles. The summed E-state index contributed by atoms with van der Waals surface area (Å²) in [4.78, 5) is 10.2. The first kappa shape index (κ1) is 9.39. The first-order valence-corrected chi connectivity index (χ1v) is 3.34. The zero-order valence-electron chi connectivity index (χ0n) is 6.00. The predicted octanol–water partition coefficient (Wildman–Crippen LogP) is 0.609. The molecule has 0 aliphatic rings. The van der Waals surface area contributed by atoms with E-state index in [0.29, 0.717) is 6.42 Å². The van der Waals surface area contributed by atoms with Gasteiger partial charge in [-0.25, -0.2) is 0 Å². The standard InChI is InChI=1S/C6H13NO3/c1-2-3-4-5(7-10)6(8)9/h5,7,10H,2-4H2,1H3,(H,8,9)/t5-/m0/s1. The molecule has 4 heteroatoms. The fourth-order valence-electron chi connectivity index (χ4n) is 0.651. The van der Waals surface area contributed by atoms with E-state index in [2.05, 4.69) is 0 Å². The van der Waals surface area contributed by atoms with Gasteiger partial charge in [0.25, 0.3) is 0 Å². The minimum Gasteiger partial charge on any atom is -0.480 e. The summed E-state index contributed by atoms with van der Waals surface area (Å²) in [7, 11) is 0. The number of rotatable bonds is 5. The predicted molar refractivity (Wildman–Crippen MR) is 35.9 cm³/mol. The maximum Gasteiger partial charge on any atom is 0.323 e. The number of nitrogens with one attached hydrogen (secondary N) is 1. The Bertz CT molecular complexity index is 105. The quantitative estimate of drug-likeness (QED) is 0.498. The Morgan fingerprint density at radius 3 is 2.60 bits per heavy atom. The Morgan fingerprint density at radius 1 is 1.70 bits per heavy atom. The molecular formula is C6H13NO3. The summed E-state index contributed by atoms with van der Waals surface area (Å²) in [5.41, 5.74) is 1.74. The molecule has 0 saturated carbocycles. The molecule has 0 heterocycles. The second-order valence-corrected chi connectivity index (χ2v) is 2.16. The minimum atomic E-state index is -1.00. The van der Waals surface area contributed by atoms with Crippen molar-refractivity contribution in [2.45, 2.75) is 32.2 Å². The van der Waals surface area contributed by atoms with E-state index >= 15 is 0 Å². The lowest BCUT2D eigenvalue weighted by Crippen LogP contribution is -2.33. The van der Waals surface area contributed by atoms with Gasteiger partial charge in [-0.05, 0) is 6.42 Å². The topological polar surface area (TPSA) is 69.6 Å². The van der Waals surface area contributed by atoms with Crippen molar-refractivity contribution in [1.29, 1.82) is 0 Å². The molecule has 0 radical (unpaired) electrons. The number of carboxylic acids is 1. The van der Waals surface area contributed by atoms with Crippen LogP contribution >= 0.6 is 0 Å². The number of carbonyl (C=O) groups is 1. The second kappa shape index (κ2) is 5.20. The maximum absolute atomic E-state index is 10.2. The molecule has 0 saturated heterocycles. The summed E-state index contributed by atoms with van der Waals surface area (Å²) in [6, 6.07) is -0.806. The highest BCUT2D eigenvalue weighted by Gasteiger charge is 2.13. The number of hydroxylamine groups is 1. The van der Waals surface area contributed by atoms with Gasteiger partial charge in [-0.2, -0.15) is 5.48 Å². The van der Waals surface area contributed by atoms with Crippen LogP contribution in [0.1, 0.15) is 26.2 Å². The van der Waals surface area contributed by atoms with E-state index in [4.69, 9.17) is 10.3 Å². The largest absolute Gasteiger partial charge is 0.480 e. The Balaban J connectivity index is 3.50. The highest BCUT2D eigenvalue weighted by atomic mass is 16.5. The molecule has 0 spiro atoms. The third-order valence-corrected chi connectivity index (χ3v) is 1.30. The second-order valence-electron chi connectivity index (χ2n) is 2.16.